The summed E-state index contributed by atoms with van der Waals surface area (Å²) < 4.78 is 0. The van der Waals surface area contributed by atoms with Gasteiger partial charge in [-0.3, -0.25) is 0 Å². The number of para-hydroxylation sites is 2. The highest BCUT2D eigenvalue weighted by Crippen LogP contribution is 2.56. The molecule has 0 spiro atoms. The number of benzene rings is 6. The molecule has 6 aromatic carbocycles. The molecule has 0 N–H and O–H groups in total. The molecule has 0 fully saturated rings. The first-order chi connectivity index (χ1) is 18.6. The smallest absolute Gasteiger partial charge is 0.0468 e. The monoisotopic (exact) mass is 487 g/mol. The van der Waals surface area contributed by atoms with Gasteiger partial charge in [-0.2, -0.15) is 0 Å². The van der Waals surface area contributed by atoms with Crippen LogP contribution >= 0.6 is 0 Å². The highest BCUT2D eigenvalue weighted by Gasteiger charge is 2.39. The van der Waals surface area contributed by atoms with Gasteiger partial charge in [0.05, 0.1) is 0 Å². The van der Waals surface area contributed by atoms with Gasteiger partial charge in [-0.25, -0.2) is 0 Å². The number of nitrogens with zero attached hydrogens (tertiary/aromatic N) is 1. The molecule has 0 saturated heterocycles. The molecular formula is C37H29N. The Bertz CT molecular complexity index is 1730. The van der Waals surface area contributed by atoms with Crippen molar-refractivity contribution in [1.82, 2.24) is 0 Å². The molecule has 182 valence electrons. The lowest BCUT2D eigenvalue weighted by atomic mass is 9.79. The third kappa shape index (κ3) is 3.47. The SMILES string of the molecule is CC1(C)c2ccc(N(c3ccccc3)c3ccccc3)cc2-c2c(-c3ccccc3)cc3ccccc3c21. The van der Waals surface area contributed by atoms with Crippen LogP contribution in [0.5, 0.6) is 0 Å². The van der Waals surface area contributed by atoms with Crippen LogP contribution in [0.4, 0.5) is 17.1 Å². The van der Waals surface area contributed by atoms with Crippen molar-refractivity contribution in [1.29, 1.82) is 0 Å². The molecule has 0 bridgehead atoms. The average molecular weight is 488 g/mol. The van der Waals surface area contributed by atoms with Gasteiger partial charge in [-0.15, -0.1) is 0 Å². The Morgan fingerprint density at radius 3 is 1.74 bits per heavy atom. The first kappa shape index (κ1) is 22.6. The number of hydrogen-bond donors (Lipinski definition) is 0. The Morgan fingerprint density at radius 2 is 1.08 bits per heavy atom. The molecule has 0 amide bonds. The van der Waals surface area contributed by atoms with Crippen LogP contribution in [-0.4, -0.2) is 0 Å². The molecule has 6 aromatic rings. The quantitative estimate of drug-likeness (QED) is 0.239. The largest absolute Gasteiger partial charge is 0.310 e. The molecule has 0 unspecified atom stereocenters. The third-order valence-electron chi connectivity index (χ3n) is 7.99. The van der Waals surface area contributed by atoms with Crippen LogP contribution in [0.3, 0.4) is 0 Å². The molecule has 0 aromatic heterocycles. The molecule has 0 aliphatic heterocycles. The topological polar surface area (TPSA) is 3.24 Å². The second-order valence-electron chi connectivity index (χ2n) is 10.6. The summed E-state index contributed by atoms with van der Waals surface area (Å²) in [4.78, 5) is 2.36. The van der Waals surface area contributed by atoms with E-state index in [4.69, 9.17) is 0 Å². The summed E-state index contributed by atoms with van der Waals surface area (Å²) in [6, 6.07) is 50.4. The lowest BCUT2D eigenvalue weighted by Crippen LogP contribution is -2.16. The maximum absolute atomic E-state index is 2.41. The van der Waals surface area contributed by atoms with Gasteiger partial charge in [-0.05, 0) is 86.6 Å². The van der Waals surface area contributed by atoms with Crippen LogP contribution in [-0.2, 0) is 5.41 Å². The summed E-state index contributed by atoms with van der Waals surface area (Å²) in [7, 11) is 0. The minimum absolute atomic E-state index is 0.113. The molecule has 0 saturated carbocycles. The van der Waals surface area contributed by atoms with Crippen molar-refractivity contribution in [2.45, 2.75) is 19.3 Å². The van der Waals surface area contributed by atoms with Crippen molar-refractivity contribution in [2.75, 3.05) is 4.90 Å². The van der Waals surface area contributed by atoms with Crippen LogP contribution in [0.25, 0.3) is 33.0 Å². The van der Waals surface area contributed by atoms with Gasteiger partial charge in [0.15, 0.2) is 0 Å². The van der Waals surface area contributed by atoms with E-state index in [0.29, 0.717) is 0 Å². The van der Waals surface area contributed by atoms with E-state index in [2.05, 4.69) is 158 Å². The first-order valence-corrected chi connectivity index (χ1v) is 13.3. The minimum Gasteiger partial charge on any atom is -0.310 e. The molecule has 1 nitrogen and oxygen atoms in total. The van der Waals surface area contributed by atoms with Crippen molar-refractivity contribution in [2.24, 2.45) is 0 Å². The molecule has 38 heavy (non-hydrogen) atoms. The van der Waals surface area contributed by atoms with Gasteiger partial charge < -0.3 is 4.90 Å². The van der Waals surface area contributed by atoms with Crippen molar-refractivity contribution < 1.29 is 0 Å². The van der Waals surface area contributed by atoms with Crippen LogP contribution in [0.15, 0.2) is 140 Å². The average Bonchev–Trinajstić information content (AvgIpc) is 3.21. The van der Waals surface area contributed by atoms with Gasteiger partial charge >= 0.3 is 0 Å². The molecule has 0 atom stereocenters. The van der Waals surface area contributed by atoms with E-state index in [1.807, 2.05) is 0 Å². The van der Waals surface area contributed by atoms with Crippen LogP contribution in [0.2, 0.25) is 0 Å². The lowest BCUT2D eigenvalue weighted by molar-refractivity contribution is 0.666. The standard InChI is InChI=1S/C37H29N/c1-37(2)34-23-22-30(38(28-17-8-4-9-18-28)29-19-10-5-11-20-29)25-33(34)35-32(26-14-6-3-7-15-26)24-27-16-12-13-21-31(27)36(35)37/h3-25H,1-2H3. The molecular weight excluding hydrogens is 458 g/mol. The zero-order valence-electron chi connectivity index (χ0n) is 21.7. The fourth-order valence-electron chi connectivity index (χ4n) is 6.28. The van der Waals surface area contributed by atoms with Crippen molar-refractivity contribution in [3.8, 4) is 22.3 Å². The molecule has 0 heterocycles. The van der Waals surface area contributed by atoms with E-state index in [0.717, 1.165) is 17.1 Å². The van der Waals surface area contributed by atoms with Crippen LogP contribution in [0.1, 0.15) is 25.0 Å². The van der Waals surface area contributed by atoms with E-state index in [1.165, 1.54) is 44.2 Å². The normalized spacial score (nSPS) is 13.2. The van der Waals surface area contributed by atoms with Crippen molar-refractivity contribution in [3.05, 3.63) is 151 Å². The minimum atomic E-state index is -0.113. The summed E-state index contributed by atoms with van der Waals surface area (Å²) in [6.07, 6.45) is 0. The van der Waals surface area contributed by atoms with Crippen LogP contribution in [0, 0.1) is 0 Å². The maximum Gasteiger partial charge on any atom is 0.0468 e. The van der Waals surface area contributed by atoms with Gasteiger partial charge in [-0.1, -0.05) is 111 Å². The van der Waals surface area contributed by atoms with E-state index < -0.39 is 0 Å². The Balaban J connectivity index is 1.53. The number of fused-ring (bicyclic) bond motifs is 5. The van der Waals surface area contributed by atoms with E-state index in [-0.39, 0.29) is 5.41 Å². The van der Waals surface area contributed by atoms with Gasteiger partial charge in [0.25, 0.3) is 0 Å². The summed E-state index contributed by atoms with van der Waals surface area (Å²) in [5.41, 5.74) is 11.4. The predicted octanol–water partition coefficient (Wildman–Crippen LogP) is 10.3. The van der Waals surface area contributed by atoms with E-state index in [1.54, 1.807) is 0 Å². The summed E-state index contributed by atoms with van der Waals surface area (Å²) >= 11 is 0. The van der Waals surface area contributed by atoms with Crippen molar-refractivity contribution in [3.63, 3.8) is 0 Å². The Kier molecular flexibility index (Phi) is 5.19. The summed E-state index contributed by atoms with van der Waals surface area (Å²) in [5.74, 6) is 0. The zero-order chi connectivity index (χ0) is 25.7. The highest BCUT2D eigenvalue weighted by atomic mass is 15.1. The molecule has 1 aliphatic carbocycles. The Morgan fingerprint density at radius 1 is 0.500 bits per heavy atom. The predicted molar refractivity (Wildman–Crippen MR) is 162 cm³/mol. The first-order valence-electron chi connectivity index (χ1n) is 13.3. The second kappa shape index (κ2) is 8.75. The van der Waals surface area contributed by atoms with E-state index in [9.17, 15) is 0 Å². The molecule has 0 radical (unpaired) electrons. The van der Waals surface area contributed by atoms with Gasteiger partial charge in [0, 0.05) is 22.5 Å². The molecule has 1 heteroatoms. The number of anilines is 3. The second-order valence-corrected chi connectivity index (χ2v) is 10.6. The molecule has 7 rings (SSSR count). The van der Waals surface area contributed by atoms with Gasteiger partial charge in [0.1, 0.15) is 0 Å². The summed E-state index contributed by atoms with van der Waals surface area (Å²) in [5, 5.41) is 2.63. The number of rotatable bonds is 4. The summed E-state index contributed by atoms with van der Waals surface area (Å²) in [6.45, 7) is 4.76. The molecule has 1 aliphatic rings. The van der Waals surface area contributed by atoms with Crippen molar-refractivity contribution >= 4 is 27.8 Å². The Labute approximate surface area is 224 Å². The zero-order valence-corrected chi connectivity index (χ0v) is 21.7. The number of hydrogen-bond acceptors (Lipinski definition) is 1. The highest BCUT2D eigenvalue weighted by molar-refractivity contribution is 6.05. The van der Waals surface area contributed by atoms with Gasteiger partial charge in [0.2, 0.25) is 0 Å². The van der Waals surface area contributed by atoms with E-state index >= 15 is 0 Å². The van der Waals surface area contributed by atoms with Crippen LogP contribution < -0.4 is 4.90 Å². The fraction of sp³-hybridized carbons (Fsp3) is 0.0811. The fourth-order valence-corrected chi connectivity index (χ4v) is 6.28. The lowest BCUT2D eigenvalue weighted by Gasteiger charge is -2.27. The Hall–Kier alpha value is -4.62. The maximum atomic E-state index is 2.41. The third-order valence-corrected chi connectivity index (χ3v) is 7.99.